The fourth-order valence-electron chi connectivity index (χ4n) is 2.60. The summed E-state index contributed by atoms with van der Waals surface area (Å²) in [6, 6.07) is 4.13. The number of rotatable bonds is 7. The van der Waals surface area contributed by atoms with Crippen LogP contribution in [0.15, 0.2) is 18.3 Å². The topological polar surface area (TPSA) is 55.2 Å². The van der Waals surface area contributed by atoms with E-state index in [0.717, 1.165) is 36.0 Å². The third-order valence-corrected chi connectivity index (χ3v) is 3.76. The second-order valence-corrected chi connectivity index (χ2v) is 6.17. The molecule has 0 aliphatic heterocycles. The van der Waals surface area contributed by atoms with Crippen LogP contribution in [0.4, 0.5) is 5.82 Å². The van der Waals surface area contributed by atoms with E-state index in [0.29, 0.717) is 5.92 Å². The van der Waals surface area contributed by atoms with E-state index in [9.17, 15) is 0 Å². The lowest BCUT2D eigenvalue weighted by Crippen LogP contribution is -2.16. The minimum absolute atomic E-state index is 0.364. The van der Waals surface area contributed by atoms with Crippen molar-refractivity contribution in [1.29, 1.82) is 0 Å². The van der Waals surface area contributed by atoms with Gasteiger partial charge < -0.3 is 15.0 Å². The van der Waals surface area contributed by atoms with E-state index in [1.54, 1.807) is 7.11 Å². The van der Waals surface area contributed by atoms with Crippen molar-refractivity contribution in [3.05, 3.63) is 35.2 Å². The molecule has 0 aliphatic rings. The van der Waals surface area contributed by atoms with Crippen LogP contribution < -0.4 is 15.0 Å². The summed E-state index contributed by atoms with van der Waals surface area (Å²) in [4.78, 5) is 6.34. The molecule has 2 rings (SSSR count). The summed E-state index contributed by atoms with van der Waals surface area (Å²) >= 11 is 0. The summed E-state index contributed by atoms with van der Waals surface area (Å²) in [5.41, 5.74) is 3.42. The van der Waals surface area contributed by atoms with Crippen molar-refractivity contribution < 1.29 is 4.74 Å². The minimum Gasteiger partial charge on any atom is -0.481 e. The van der Waals surface area contributed by atoms with Crippen molar-refractivity contribution >= 4 is 5.82 Å². The first kappa shape index (κ1) is 17.3. The molecule has 6 nitrogen and oxygen atoms in total. The molecule has 1 N–H and O–H groups in total. The Morgan fingerprint density at radius 3 is 2.65 bits per heavy atom. The Morgan fingerprint density at radius 1 is 1.30 bits per heavy atom. The van der Waals surface area contributed by atoms with E-state index in [-0.39, 0.29) is 0 Å². The molecule has 2 heterocycles. The van der Waals surface area contributed by atoms with Gasteiger partial charge in [0.2, 0.25) is 5.88 Å². The van der Waals surface area contributed by atoms with Crippen molar-refractivity contribution in [2.45, 2.75) is 32.9 Å². The van der Waals surface area contributed by atoms with Crippen molar-refractivity contribution in [3.63, 3.8) is 0 Å². The molecule has 0 aliphatic carbocycles. The standard InChI is InChI=1S/C17H27N5O/c1-12(2)16-14(17(23-6)22(5)20-16)11-18-10-13-7-8-19-15(9-13)21(3)4/h7-9,12,18H,10-11H2,1-6H3. The number of nitrogens with one attached hydrogen (secondary N) is 1. The number of pyridine rings is 1. The Labute approximate surface area is 138 Å². The number of aryl methyl sites for hydroxylation is 1. The quantitative estimate of drug-likeness (QED) is 0.849. The number of methoxy groups -OCH3 is 1. The predicted octanol–water partition coefficient (Wildman–Crippen LogP) is 2.30. The Morgan fingerprint density at radius 2 is 2.04 bits per heavy atom. The van der Waals surface area contributed by atoms with Crippen LogP contribution in [0.3, 0.4) is 0 Å². The maximum Gasteiger partial charge on any atom is 0.216 e. The number of hydrogen-bond donors (Lipinski definition) is 1. The van der Waals surface area contributed by atoms with Gasteiger partial charge in [0.05, 0.1) is 18.4 Å². The normalized spacial score (nSPS) is 11.1. The second kappa shape index (κ2) is 7.46. The highest BCUT2D eigenvalue weighted by Gasteiger charge is 2.18. The fourth-order valence-corrected chi connectivity index (χ4v) is 2.60. The third kappa shape index (κ3) is 4.01. The third-order valence-electron chi connectivity index (χ3n) is 3.76. The van der Waals surface area contributed by atoms with Crippen molar-refractivity contribution in [2.24, 2.45) is 7.05 Å². The number of nitrogens with zero attached hydrogens (tertiary/aromatic N) is 4. The SMILES string of the molecule is COc1c(CNCc2ccnc(N(C)C)c2)c(C(C)C)nn1C. The molecule has 0 amide bonds. The van der Waals surface area contributed by atoms with Crippen LogP contribution in [-0.4, -0.2) is 36.0 Å². The van der Waals surface area contributed by atoms with Gasteiger partial charge in [-0.15, -0.1) is 0 Å². The molecule has 0 fully saturated rings. The lowest BCUT2D eigenvalue weighted by atomic mass is 10.1. The molecule has 0 saturated heterocycles. The van der Waals surface area contributed by atoms with Gasteiger partial charge in [0.25, 0.3) is 0 Å². The molecule has 0 unspecified atom stereocenters. The van der Waals surface area contributed by atoms with Gasteiger partial charge in [0, 0.05) is 40.4 Å². The number of hydrogen-bond acceptors (Lipinski definition) is 5. The summed E-state index contributed by atoms with van der Waals surface area (Å²) in [6.45, 7) is 5.80. The van der Waals surface area contributed by atoms with E-state index < -0.39 is 0 Å². The molecular weight excluding hydrogens is 290 g/mol. The fraction of sp³-hybridized carbons (Fsp3) is 0.529. The molecule has 126 valence electrons. The Bertz CT molecular complexity index is 648. The smallest absolute Gasteiger partial charge is 0.216 e. The van der Waals surface area contributed by atoms with Crippen molar-refractivity contribution in [3.8, 4) is 5.88 Å². The van der Waals surface area contributed by atoms with Gasteiger partial charge >= 0.3 is 0 Å². The van der Waals surface area contributed by atoms with Gasteiger partial charge in [0.1, 0.15) is 5.82 Å². The zero-order valence-corrected chi connectivity index (χ0v) is 14.9. The van der Waals surface area contributed by atoms with E-state index in [2.05, 4.69) is 35.3 Å². The second-order valence-electron chi connectivity index (χ2n) is 6.17. The Hall–Kier alpha value is -2.08. The largest absolute Gasteiger partial charge is 0.481 e. The molecule has 0 radical (unpaired) electrons. The first-order valence-electron chi connectivity index (χ1n) is 7.86. The van der Waals surface area contributed by atoms with Gasteiger partial charge in [0.15, 0.2) is 0 Å². The summed E-state index contributed by atoms with van der Waals surface area (Å²) in [5, 5.41) is 8.07. The van der Waals surface area contributed by atoms with Crippen molar-refractivity contribution in [2.75, 3.05) is 26.1 Å². The monoisotopic (exact) mass is 317 g/mol. The average molecular weight is 317 g/mol. The minimum atomic E-state index is 0.364. The summed E-state index contributed by atoms with van der Waals surface area (Å²) in [5.74, 6) is 2.15. The zero-order valence-electron chi connectivity index (χ0n) is 14.9. The van der Waals surface area contributed by atoms with E-state index in [1.807, 2.05) is 43.0 Å². The van der Waals surface area contributed by atoms with Crippen LogP contribution in [0.5, 0.6) is 5.88 Å². The predicted molar refractivity (Wildman–Crippen MR) is 93.0 cm³/mol. The van der Waals surface area contributed by atoms with Crippen LogP contribution in [0, 0.1) is 0 Å². The van der Waals surface area contributed by atoms with Gasteiger partial charge in [-0.05, 0) is 23.6 Å². The van der Waals surface area contributed by atoms with Gasteiger partial charge in [-0.3, -0.25) is 0 Å². The first-order valence-corrected chi connectivity index (χ1v) is 7.86. The summed E-state index contributed by atoms with van der Waals surface area (Å²) in [7, 11) is 7.60. The van der Waals surface area contributed by atoms with Crippen LogP contribution in [0.1, 0.15) is 36.6 Å². The van der Waals surface area contributed by atoms with E-state index >= 15 is 0 Å². The number of ether oxygens (including phenoxy) is 1. The van der Waals surface area contributed by atoms with Gasteiger partial charge in [-0.25, -0.2) is 9.67 Å². The molecule has 6 heteroatoms. The van der Waals surface area contributed by atoms with Crippen LogP contribution >= 0.6 is 0 Å². The van der Waals surface area contributed by atoms with E-state index in [1.165, 1.54) is 5.56 Å². The van der Waals surface area contributed by atoms with Crippen molar-refractivity contribution in [1.82, 2.24) is 20.1 Å². The molecule has 2 aromatic rings. The molecule has 2 aromatic heterocycles. The maximum absolute atomic E-state index is 5.50. The van der Waals surface area contributed by atoms with Gasteiger partial charge in [-0.2, -0.15) is 5.10 Å². The molecule has 23 heavy (non-hydrogen) atoms. The average Bonchev–Trinajstić information content (AvgIpc) is 2.83. The highest BCUT2D eigenvalue weighted by Crippen LogP contribution is 2.26. The van der Waals surface area contributed by atoms with Crippen LogP contribution in [0.2, 0.25) is 0 Å². The zero-order chi connectivity index (χ0) is 17.0. The van der Waals surface area contributed by atoms with Crippen LogP contribution in [-0.2, 0) is 20.1 Å². The first-order chi connectivity index (χ1) is 10.9. The van der Waals surface area contributed by atoms with Gasteiger partial charge in [-0.1, -0.05) is 13.8 Å². The number of aromatic nitrogens is 3. The maximum atomic E-state index is 5.50. The van der Waals surface area contributed by atoms with Crippen LogP contribution in [0.25, 0.3) is 0 Å². The highest BCUT2D eigenvalue weighted by atomic mass is 16.5. The molecule has 0 saturated carbocycles. The lowest BCUT2D eigenvalue weighted by molar-refractivity contribution is 0.368. The molecule has 0 bridgehead atoms. The van der Waals surface area contributed by atoms with E-state index in [4.69, 9.17) is 4.74 Å². The lowest BCUT2D eigenvalue weighted by Gasteiger charge is -2.13. The molecule has 0 atom stereocenters. The molecule has 0 spiro atoms. The number of anilines is 1. The summed E-state index contributed by atoms with van der Waals surface area (Å²) < 4.78 is 7.31. The molecular formula is C17H27N5O. The Kier molecular flexibility index (Phi) is 5.60. The highest BCUT2D eigenvalue weighted by molar-refractivity contribution is 5.39. The Balaban J connectivity index is 2.08. The molecule has 0 aromatic carbocycles. The summed E-state index contributed by atoms with van der Waals surface area (Å²) in [6.07, 6.45) is 1.84.